The summed E-state index contributed by atoms with van der Waals surface area (Å²) in [6.45, 7) is 2.76. The van der Waals surface area contributed by atoms with Gasteiger partial charge in [-0.25, -0.2) is 9.67 Å². The van der Waals surface area contributed by atoms with Gasteiger partial charge in [-0.2, -0.15) is 5.10 Å². The molecule has 0 aliphatic rings. The maximum absolute atomic E-state index is 12.2. The van der Waals surface area contributed by atoms with E-state index in [1.807, 2.05) is 42.6 Å². The molecule has 0 spiro atoms. The maximum Gasteiger partial charge on any atom is 0.272 e. The second-order valence-electron chi connectivity index (χ2n) is 5.47. The number of aromatic nitrogens is 3. The van der Waals surface area contributed by atoms with E-state index in [4.69, 9.17) is 0 Å². The number of thiazole rings is 1. The smallest absolute Gasteiger partial charge is 0.272 e. The summed E-state index contributed by atoms with van der Waals surface area (Å²) in [7, 11) is 0. The molecule has 1 N–H and O–H groups in total. The Morgan fingerprint density at radius 1 is 1.20 bits per heavy atom. The summed E-state index contributed by atoms with van der Waals surface area (Å²) < 4.78 is 1.31. The van der Waals surface area contributed by atoms with Crippen molar-refractivity contribution in [3.63, 3.8) is 0 Å². The van der Waals surface area contributed by atoms with E-state index in [0.717, 1.165) is 22.7 Å². The van der Waals surface area contributed by atoms with Crippen LogP contribution in [0.4, 0.5) is 0 Å². The molecular formula is C18H18N4O2S. The average Bonchev–Trinajstić information content (AvgIpc) is 3.11. The maximum atomic E-state index is 12.2. The summed E-state index contributed by atoms with van der Waals surface area (Å²) in [5.74, 6) is -0.320. The van der Waals surface area contributed by atoms with Crippen molar-refractivity contribution in [2.45, 2.75) is 26.4 Å². The van der Waals surface area contributed by atoms with Gasteiger partial charge in [0.25, 0.3) is 11.5 Å². The van der Waals surface area contributed by atoms with Gasteiger partial charge in [-0.3, -0.25) is 9.59 Å². The molecule has 6 nitrogen and oxygen atoms in total. The van der Waals surface area contributed by atoms with Crippen LogP contribution in [0.2, 0.25) is 0 Å². The van der Waals surface area contributed by atoms with Crippen LogP contribution in [0.1, 0.15) is 29.5 Å². The molecule has 2 aromatic heterocycles. The highest BCUT2D eigenvalue weighted by Gasteiger charge is 2.11. The third-order valence-electron chi connectivity index (χ3n) is 3.54. The van der Waals surface area contributed by atoms with Gasteiger partial charge in [-0.05, 0) is 12.5 Å². The van der Waals surface area contributed by atoms with Crippen LogP contribution < -0.4 is 10.9 Å². The fourth-order valence-electron chi connectivity index (χ4n) is 2.30. The molecule has 7 heteroatoms. The molecule has 0 fully saturated rings. The zero-order chi connectivity index (χ0) is 17.6. The molecule has 0 radical (unpaired) electrons. The second kappa shape index (κ2) is 7.85. The van der Waals surface area contributed by atoms with Gasteiger partial charge in [0, 0.05) is 23.6 Å². The molecule has 128 valence electrons. The first kappa shape index (κ1) is 17.0. The molecular weight excluding hydrogens is 336 g/mol. The number of nitrogens with zero attached hydrogens (tertiary/aromatic N) is 3. The van der Waals surface area contributed by atoms with Crippen LogP contribution in [-0.4, -0.2) is 20.7 Å². The van der Waals surface area contributed by atoms with Gasteiger partial charge >= 0.3 is 0 Å². The number of carbonyl (C=O) groups excluding carboxylic acids is 1. The Morgan fingerprint density at radius 3 is 2.76 bits per heavy atom. The van der Waals surface area contributed by atoms with Crippen molar-refractivity contribution in [2.24, 2.45) is 0 Å². The zero-order valence-electron chi connectivity index (χ0n) is 13.8. The molecule has 0 unspecified atom stereocenters. The number of amides is 1. The molecule has 3 rings (SSSR count). The van der Waals surface area contributed by atoms with Gasteiger partial charge in [0.15, 0.2) is 0 Å². The lowest BCUT2D eigenvalue weighted by Gasteiger charge is -2.06. The highest BCUT2D eigenvalue weighted by atomic mass is 32.1. The molecule has 0 saturated heterocycles. The van der Waals surface area contributed by atoms with Crippen LogP contribution in [0.25, 0.3) is 10.6 Å². The van der Waals surface area contributed by atoms with Crippen LogP contribution in [0.5, 0.6) is 0 Å². The molecule has 0 aliphatic heterocycles. The molecule has 1 amide bonds. The summed E-state index contributed by atoms with van der Waals surface area (Å²) in [6, 6.07) is 12.7. The van der Waals surface area contributed by atoms with Crippen LogP contribution in [-0.2, 0) is 13.1 Å². The summed E-state index contributed by atoms with van der Waals surface area (Å²) in [5, 5.41) is 9.74. The molecule has 0 aliphatic carbocycles. The zero-order valence-corrected chi connectivity index (χ0v) is 14.6. The van der Waals surface area contributed by atoms with Crippen molar-refractivity contribution in [3.05, 3.63) is 69.6 Å². The summed E-state index contributed by atoms with van der Waals surface area (Å²) in [6.07, 6.45) is 0.777. The summed E-state index contributed by atoms with van der Waals surface area (Å²) in [4.78, 5) is 28.4. The Kier molecular flexibility index (Phi) is 5.35. The largest absolute Gasteiger partial charge is 0.345 e. The van der Waals surface area contributed by atoms with Crippen molar-refractivity contribution >= 4 is 17.2 Å². The number of carbonyl (C=O) groups is 1. The molecule has 3 aromatic rings. The predicted molar refractivity (Wildman–Crippen MR) is 97.5 cm³/mol. The lowest BCUT2D eigenvalue weighted by molar-refractivity contribution is 0.0943. The van der Waals surface area contributed by atoms with Crippen molar-refractivity contribution in [1.82, 2.24) is 20.1 Å². The first-order chi connectivity index (χ1) is 12.2. The topological polar surface area (TPSA) is 76.9 Å². The van der Waals surface area contributed by atoms with Gasteiger partial charge in [-0.15, -0.1) is 11.3 Å². The van der Waals surface area contributed by atoms with Crippen molar-refractivity contribution in [3.8, 4) is 10.6 Å². The number of benzene rings is 1. The number of aryl methyl sites for hydroxylation is 1. The third kappa shape index (κ3) is 4.19. The van der Waals surface area contributed by atoms with Crippen molar-refractivity contribution in [2.75, 3.05) is 0 Å². The molecule has 25 heavy (non-hydrogen) atoms. The molecule has 1 aromatic carbocycles. The number of rotatable bonds is 6. The first-order valence-electron chi connectivity index (χ1n) is 8.03. The van der Waals surface area contributed by atoms with Crippen molar-refractivity contribution in [1.29, 1.82) is 0 Å². The van der Waals surface area contributed by atoms with E-state index in [1.165, 1.54) is 28.2 Å². The second-order valence-corrected chi connectivity index (χ2v) is 6.33. The lowest BCUT2D eigenvalue weighted by atomic mass is 10.2. The Labute approximate surface area is 149 Å². The Balaban J connectivity index is 1.66. The lowest BCUT2D eigenvalue weighted by Crippen LogP contribution is -2.29. The van der Waals surface area contributed by atoms with Crippen LogP contribution in [0, 0.1) is 0 Å². The Hall–Kier alpha value is -2.80. The SMILES string of the molecule is CCCn1nc(C(=O)NCc2csc(-c3ccccc3)n2)ccc1=O. The third-order valence-corrected chi connectivity index (χ3v) is 4.48. The standard InChI is InChI=1S/C18H18N4O2S/c1-2-10-22-16(23)9-8-15(21-22)17(24)19-11-14-12-25-18(20-14)13-6-4-3-5-7-13/h3-9,12H,2,10-11H2,1H3,(H,19,24). The Morgan fingerprint density at radius 2 is 2.00 bits per heavy atom. The molecule has 0 bridgehead atoms. The fourth-order valence-corrected chi connectivity index (χ4v) is 3.13. The van der Waals surface area contributed by atoms with Gasteiger partial charge in [0.2, 0.25) is 0 Å². The van der Waals surface area contributed by atoms with Crippen LogP contribution in [0.15, 0.2) is 52.6 Å². The van der Waals surface area contributed by atoms with E-state index in [-0.39, 0.29) is 17.2 Å². The number of hydrogen-bond acceptors (Lipinski definition) is 5. The first-order valence-corrected chi connectivity index (χ1v) is 8.91. The quantitative estimate of drug-likeness (QED) is 0.738. The van der Waals surface area contributed by atoms with Crippen molar-refractivity contribution < 1.29 is 4.79 Å². The average molecular weight is 354 g/mol. The summed E-state index contributed by atoms with van der Waals surface area (Å²) >= 11 is 1.54. The number of nitrogens with one attached hydrogen (secondary N) is 1. The normalized spacial score (nSPS) is 10.6. The molecule has 0 atom stereocenters. The minimum absolute atomic E-state index is 0.203. The van der Waals surface area contributed by atoms with E-state index in [9.17, 15) is 9.59 Å². The number of hydrogen-bond donors (Lipinski definition) is 1. The van der Waals surface area contributed by atoms with E-state index < -0.39 is 0 Å². The van der Waals surface area contributed by atoms with Gasteiger partial charge in [0.05, 0.1) is 12.2 Å². The fraction of sp³-hybridized carbons (Fsp3) is 0.222. The van der Waals surface area contributed by atoms with E-state index in [2.05, 4.69) is 15.4 Å². The minimum atomic E-state index is -0.320. The van der Waals surface area contributed by atoms with E-state index >= 15 is 0 Å². The van der Waals surface area contributed by atoms with Crippen LogP contribution >= 0.6 is 11.3 Å². The molecule has 0 saturated carbocycles. The highest BCUT2D eigenvalue weighted by molar-refractivity contribution is 7.13. The van der Waals surface area contributed by atoms with E-state index in [1.54, 1.807) is 0 Å². The Bertz CT molecular complexity index is 918. The summed E-state index contributed by atoms with van der Waals surface area (Å²) in [5.41, 5.74) is 1.87. The minimum Gasteiger partial charge on any atom is -0.345 e. The van der Waals surface area contributed by atoms with Gasteiger partial charge < -0.3 is 5.32 Å². The highest BCUT2D eigenvalue weighted by Crippen LogP contribution is 2.23. The molecule has 2 heterocycles. The van der Waals surface area contributed by atoms with Gasteiger partial charge in [0.1, 0.15) is 10.7 Å². The van der Waals surface area contributed by atoms with Gasteiger partial charge in [-0.1, -0.05) is 37.3 Å². The predicted octanol–water partition coefficient (Wildman–Crippen LogP) is 2.71. The monoisotopic (exact) mass is 354 g/mol. The van der Waals surface area contributed by atoms with E-state index in [0.29, 0.717) is 13.1 Å². The van der Waals surface area contributed by atoms with Crippen LogP contribution in [0.3, 0.4) is 0 Å².